The van der Waals surface area contributed by atoms with Crippen molar-refractivity contribution in [2.24, 2.45) is 0 Å². The molecule has 0 spiro atoms. The maximum Gasteiger partial charge on any atom is 0.144 e. The van der Waals surface area contributed by atoms with E-state index in [1.54, 1.807) is 6.26 Å². The van der Waals surface area contributed by atoms with Gasteiger partial charge in [0.15, 0.2) is 0 Å². The molecule has 0 aromatic carbocycles. The van der Waals surface area contributed by atoms with Gasteiger partial charge < -0.3 is 5.32 Å². The smallest absolute Gasteiger partial charge is 0.144 e. The molecule has 1 heterocycles. The molecule has 0 aliphatic heterocycles. The predicted molar refractivity (Wildman–Crippen MR) is 68.4 cm³/mol. The van der Waals surface area contributed by atoms with E-state index in [0.29, 0.717) is 23.7 Å². The van der Waals surface area contributed by atoms with Crippen molar-refractivity contribution in [1.82, 2.24) is 4.98 Å². The number of hydrogen-bond acceptors (Lipinski definition) is 4. The molecule has 0 radical (unpaired) electrons. The fourth-order valence-corrected chi connectivity index (χ4v) is 2.39. The molecule has 5 heteroatoms. The van der Waals surface area contributed by atoms with Crippen LogP contribution in [0.15, 0.2) is 6.07 Å². The normalized spacial score (nSPS) is 15.1. The molecule has 0 bridgehead atoms. The first-order valence-electron chi connectivity index (χ1n) is 5.67. The number of nitrogens with one attached hydrogen (secondary N) is 1. The van der Waals surface area contributed by atoms with Crippen molar-refractivity contribution in [3.63, 3.8) is 0 Å². The Kier molecular flexibility index (Phi) is 3.75. The highest BCUT2D eigenvalue weighted by molar-refractivity contribution is 7.84. The van der Waals surface area contributed by atoms with Gasteiger partial charge in [-0.3, -0.25) is 4.21 Å². The zero-order valence-corrected chi connectivity index (χ0v) is 10.6. The third kappa shape index (κ3) is 2.83. The molecule has 1 aliphatic rings. The molecule has 0 fully saturated rings. The quantitative estimate of drug-likeness (QED) is 0.871. The van der Waals surface area contributed by atoms with Crippen LogP contribution in [0.3, 0.4) is 0 Å². The number of nitrogens with zero attached hydrogens (tertiary/aromatic N) is 2. The zero-order valence-electron chi connectivity index (χ0n) is 9.82. The van der Waals surface area contributed by atoms with E-state index in [4.69, 9.17) is 5.26 Å². The molecule has 0 amide bonds. The molecule has 1 N–H and O–H groups in total. The van der Waals surface area contributed by atoms with E-state index >= 15 is 0 Å². The van der Waals surface area contributed by atoms with Gasteiger partial charge in [0, 0.05) is 35.0 Å². The first-order chi connectivity index (χ1) is 8.20. The topological polar surface area (TPSA) is 65.8 Å². The summed E-state index contributed by atoms with van der Waals surface area (Å²) < 4.78 is 11.0. The Labute approximate surface area is 104 Å². The molecule has 1 atom stereocenters. The molecule has 1 aliphatic carbocycles. The standard InChI is InChI=1S/C12H15N3OS/c1-17(16)6-5-14-12-10(8-13)7-9-3-2-4-11(9)15-12/h7H,2-6H2,1H3,(H,14,15). The minimum absolute atomic E-state index is 0.573. The van der Waals surface area contributed by atoms with Crippen LogP contribution in [0.2, 0.25) is 0 Å². The number of rotatable bonds is 4. The van der Waals surface area contributed by atoms with Crippen LogP contribution in [0, 0.1) is 11.3 Å². The Hall–Kier alpha value is -1.41. The van der Waals surface area contributed by atoms with E-state index < -0.39 is 10.8 Å². The molecular formula is C12H15N3OS. The Bertz CT molecular complexity index is 493. The molecular weight excluding hydrogens is 234 g/mol. The maximum atomic E-state index is 11.0. The summed E-state index contributed by atoms with van der Waals surface area (Å²) >= 11 is 0. The Balaban J connectivity index is 2.16. The maximum absolute atomic E-state index is 11.0. The molecule has 0 saturated heterocycles. The highest BCUT2D eigenvalue weighted by Crippen LogP contribution is 2.24. The van der Waals surface area contributed by atoms with Crippen molar-refractivity contribution in [2.75, 3.05) is 23.9 Å². The molecule has 4 nitrogen and oxygen atoms in total. The predicted octanol–water partition coefficient (Wildman–Crippen LogP) is 1.23. The number of anilines is 1. The third-order valence-corrected chi connectivity index (χ3v) is 3.63. The summed E-state index contributed by atoms with van der Waals surface area (Å²) in [6.07, 6.45) is 4.81. The number of nitriles is 1. The first-order valence-corrected chi connectivity index (χ1v) is 7.40. The van der Waals surface area contributed by atoms with Gasteiger partial charge in [-0.15, -0.1) is 0 Å². The van der Waals surface area contributed by atoms with E-state index in [1.165, 1.54) is 5.56 Å². The largest absolute Gasteiger partial charge is 0.368 e. The van der Waals surface area contributed by atoms with Crippen LogP contribution in [-0.4, -0.2) is 27.7 Å². The molecule has 90 valence electrons. The summed E-state index contributed by atoms with van der Waals surface area (Å²) in [6.45, 7) is 0.587. The van der Waals surface area contributed by atoms with Crippen LogP contribution in [0.4, 0.5) is 5.82 Å². The van der Waals surface area contributed by atoms with E-state index in [2.05, 4.69) is 16.4 Å². The monoisotopic (exact) mass is 249 g/mol. The van der Waals surface area contributed by atoms with Crippen molar-refractivity contribution in [3.05, 3.63) is 22.9 Å². The Morgan fingerprint density at radius 3 is 3.12 bits per heavy atom. The van der Waals surface area contributed by atoms with Gasteiger partial charge in [0.1, 0.15) is 11.9 Å². The number of fused-ring (bicyclic) bond motifs is 1. The first kappa shape index (κ1) is 12.1. The van der Waals surface area contributed by atoms with Crippen molar-refractivity contribution in [1.29, 1.82) is 5.26 Å². The number of hydrogen-bond donors (Lipinski definition) is 1. The highest BCUT2D eigenvalue weighted by atomic mass is 32.2. The second-order valence-electron chi connectivity index (χ2n) is 4.16. The van der Waals surface area contributed by atoms with Gasteiger partial charge in [0.2, 0.25) is 0 Å². The number of pyridine rings is 1. The lowest BCUT2D eigenvalue weighted by Gasteiger charge is -2.08. The van der Waals surface area contributed by atoms with Gasteiger partial charge in [-0.25, -0.2) is 4.98 Å². The molecule has 0 saturated carbocycles. The van der Waals surface area contributed by atoms with Crippen LogP contribution >= 0.6 is 0 Å². The van der Waals surface area contributed by atoms with Crippen molar-refractivity contribution in [3.8, 4) is 6.07 Å². The highest BCUT2D eigenvalue weighted by Gasteiger charge is 2.16. The molecule has 1 unspecified atom stereocenters. The second-order valence-corrected chi connectivity index (χ2v) is 5.71. The third-order valence-electron chi connectivity index (χ3n) is 2.85. The van der Waals surface area contributed by atoms with Gasteiger partial charge >= 0.3 is 0 Å². The fraction of sp³-hybridized carbons (Fsp3) is 0.500. The lowest BCUT2D eigenvalue weighted by Crippen LogP contribution is -2.12. The molecule has 1 aromatic rings. The van der Waals surface area contributed by atoms with Gasteiger partial charge in [0.05, 0.1) is 5.56 Å². The van der Waals surface area contributed by atoms with Crippen LogP contribution < -0.4 is 5.32 Å². The lowest BCUT2D eigenvalue weighted by atomic mass is 10.1. The lowest BCUT2D eigenvalue weighted by molar-refractivity contribution is 0.687. The average Bonchev–Trinajstić information content (AvgIpc) is 2.74. The number of aromatic nitrogens is 1. The summed E-state index contributed by atoms with van der Waals surface area (Å²) in [4.78, 5) is 4.49. The molecule has 1 aromatic heterocycles. The van der Waals surface area contributed by atoms with Crippen LogP contribution in [0.25, 0.3) is 0 Å². The molecule has 2 rings (SSSR count). The zero-order chi connectivity index (χ0) is 12.3. The fourth-order valence-electron chi connectivity index (χ4n) is 2.01. The van der Waals surface area contributed by atoms with E-state index in [0.717, 1.165) is 25.0 Å². The summed E-state index contributed by atoms with van der Waals surface area (Å²) in [6, 6.07) is 4.09. The summed E-state index contributed by atoms with van der Waals surface area (Å²) in [7, 11) is -0.820. The number of aryl methyl sites for hydroxylation is 2. The van der Waals surface area contributed by atoms with Crippen molar-refractivity contribution in [2.45, 2.75) is 19.3 Å². The van der Waals surface area contributed by atoms with E-state index in [9.17, 15) is 4.21 Å². The van der Waals surface area contributed by atoms with Gasteiger partial charge in [-0.05, 0) is 30.9 Å². The van der Waals surface area contributed by atoms with Gasteiger partial charge in [0.25, 0.3) is 0 Å². The summed E-state index contributed by atoms with van der Waals surface area (Å²) in [5.41, 5.74) is 2.89. The van der Waals surface area contributed by atoms with Gasteiger partial charge in [-0.2, -0.15) is 5.26 Å². The van der Waals surface area contributed by atoms with E-state index in [-0.39, 0.29) is 0 Å². The van der Waals surface area contributed by atoms with Crippen LogP contribution in [-0.2, 0) is 23.6 Å². The minimum atomic E-state index is -0.820. The minimum Gasteiger partial charge on any atom is -0.368 e. The molecule has 17 heavy (non-hydrogen) atoms. The van der Waals surface area contributed by atoms with Crippen LogP contribution in [0.1, 0.15) is 23.2 Å². The summed E-state index contributed by atoms with van der Waals surface area (Å²) in [5, 5.41) is 12.2. The van der Waals surface area contributed by atoms with E-state index in [1.807, 2.05) is 6.07 Å². The van der Waals surface area contributed by atoms with Crippen LogP contribution in [0.5, 0.6) is 0 Å². The SMILES string of the molecule is CS(=O)CCNc1nc2c(cc1C#N)CCC2. The summed E-state index contributed by atoms with van der Waals surface area (Å²) in [5.74, 6) is 1.21. The van der Waals surface area contributed by atoms with Crippen molar-refractivity contribution >= 4 is 16.6 Å². The Morgan fingerprint density at radius 1 is 1.59 bits per heavy atom. The second kappa shape index (κ2) is 5.28. The Morgan fingerprint density at radius 2 is 2.41 bits per heavy atom. The average molecular weight is 249 g/mol. The van der Waals surface area contributed by atoms with Gasteiger partial charge in [-0.1, -0.05) is 0 Å². The van der Waals surface area contributed by atoms with Crippen molar-refractivity contribution < 1.29 is 4.21 Å².